The fraction of sp³-hybridized carbons (Fsp3) is 0.357. The molecule has 6 heteroatoms. The fourth-order valence-corrected chi connectivity index (χ4v) is 2.77. The van der Waals surface area contributed by atoms with Crippen molar-refractivity contribution in [2.45, 2.75) is 19.9 Å². The predicted octanol–water partition coefficient (Wildman–Crippen LogP) is 3.13. The third-order valence-corrected chi connectivity index (χ3v) is 3.80. The van der Waals surface area contributed by atoms with Gasteiger partial charge < -0.3 is 10.1 Å². The SMILES string of the molecule is COC(=O)c1nccc(NC(c2cccs2)C(C)C)n1. The zero-order valence-electron chi connectivity index (χ0n) is 11.7. The molecule has 2 heterocycles. The number of carbonyl (C=O) groups excluding carboxylic acids is 1. The van der Waals surface area contributed by atoms with Crippen molar-refractivity contribution in [3.05, 3.63) is 40.5 Å². The van der Waals surface area contributed by atoms with Crippen molar-refractivity contribution in [3.63, 3.8) is 0 Å². The van der Waals surface area contributed by atoms with Crippen LogP contribution in [0.1, 0.15) is 35.4 Å². The smallest absolute Gasteiger partial charge is 0.376 e. The van der Waals surface area contributed by atoms with Crippen molar-refractivity contribution in [3.8, 4) is 0 Å². The van der Waals surface area contributed by atoms with E-state index in [1.54, 1.807) is 23.6 Å². The number of aromatic nitrogens is 2. The highest BCUT2D eigenvalue weighted by atomic mass is 32.1. The molecule has 0 amide bonds. The number of ether oxygens (including phenoxy) is 1. The minimum atomic E-state index is -0.536. The molecule has 5 nitrogen and oxygen atoms in total. The highest BCUT2D eigenvalue weighted by Gasteiger charge is 2.18. The number of carbonyl (C=O) groups is 1. The largest absolute Gasteiger partial charge is 0.463 e. The first-order valence-corrected chi connectivity index (χ1v) is 7.21. The maximum atomic E-state index is 11.4. The third kappa shape index (κ3) is 3.33. The third-order valence-electron chi connectivity index (χ3n) is 2.84. The molecule has 1 N–H and O–H groups in total. The summed E-state index contributed by atoms with van der Waals surface area (Å²) in [5.74, 6) is 0.537. The molecule has 0 fully saturated rings. The molecule has 20 heavy (non-hydrogen) atoms. The van der Waals surface area contributed by atoms with E-state index in [-0.39, 0.29) is 11.9 Å². The van der Waals surface area contributed by atoms with Gasteiger partial charge in [0.2, 0.25) is 5.82 Å². The summed E-state index contributed by atoms with van der Waals surface area (Å²) < 4.78 is 4.63. The van der Waals surface area contributed by atoms with Gasteiger partial charge in [-0.05, 0) is 23.4 Å². The van der Waals surface area contributed by atoms with Gasteiger partial charge in [-0.15, -0.1) is 11.3 Å². The molecule has 0 saturated heterocycles. The Morgan fingerprint density at radius 3 is 2.80 bits per heavy atom. The van der Waals surface area contributed by atoms with Gasteiger partial charge in [-0.3, -0.25) is 0 Å². The molecule has 2 aromatic rings. The van der Waals surface area contributed by atoms with Crippen LogP contribution in [0.4, 0.5) is 5.82 Å². The summed E-state index contributed by atoms with van der Waals surface area (Å²) >= 11 is 1.70. The van der Waals surface area contributed by atoms with Gasteiger partial charge in [0.05, 0.1) is 13.2 Å². The standard InChI is InChI=1S/C14H17N3O2S/c1-9(2)12(10-5-4-8-20-10)16-11-6-7-15-13(17-11)14(18)19-3/h4-9,12H,1-3H3,(H,15,16,17). The van der Waals surface area contributed by atoms with Crippen LogP contribution in [0.2, 0.25) is 0 Å². The van der Waals surface area contributed by atoms with E-state index in [1.807, 2.05) is 11.4 Å². The molecule has 106 valence electrons. The summed E-state index contributed by atoms with van der Waals surface area (Å²) in [6, 6.07) is 6.01. The summed E-state index contributed by atoms with van der Waals surface area (Å²) in [4.78, 5) is 20.8. The molecule has 0 bridgehead atoms. The van der Waals surface area contributed by atoms with Crippen molar-refractivity contribution in [2.24, 2.45) is 5.92 Å². The Balaban J connectivity index is 2.21. The van der Waals surface area contributed by atoms with Crippen molar-refractivity contribution < 1.29 is 9.53 Å². The van der Waals surface area contributed by atoms with Gasteiger partial charge in [-0.25, -0.2) is 14.8 Å². The van der Waals surface area contributed by atoms with E-state index in [0.717, 1.165) is 0 Å². The first-order valence-electron chi connectivity index (χ1n) is 6.33. The Bertz CT molecular complexity index is 570. The zero-order valence-corrected chi connectivity index (χ0v) is 12.5. The van der Waals surface area contributed by atoms with E-state index >= 15 is 0 Å². The number of rotatable bonds is 5. The molecule has 0 aromatic carbocycles. The molecule has 0 aliphatic rings. The summed E-state index contributed by atoms with van der Waals surface area (Å²) in [6.45, 7) is 4.28. The number of methoxy groups -OCH3 is 1. The molecule has 0 radical (unpaired) electrons. The second kappa shape index (κ2) is 6.47. The fourth-order valence-electron chi connectivity index (χ4n) is 1.82. The van der Waals surface area contributed by atoms with Crippen LogP contribution in [-0.2, 0) is 4.74 Å². The second-order valence-electron chi connectivity index (χ2n) is 4.64. The summed E-state index contributed by atoms with van der Waals surface area (Å²) in [5, 5.41) is 5.40. The zero-order chi connectivity index (χ0) is 14.5. The number of nitrogens with one attached hydrogen (secondary N) is 1. The first kappa shape index (κ1) is 14.5. The van der Waals surface area contributed by atoms with Gasteiger partial charge in [0.25, 0.3) is 0 Å². The second-order valence-corrected chi connectivity index (χ2v) is 5.62. The quantitative estimate of drug-likeness (QED) is 0.857. The topological polar surface area (TPSA) is 64.1 Å². The average molecular weight is 291 g/mol. The van der Waals surface area contributed by atoms with Crippen LogP contribution in [0.3, 0.4) is 0 Å². The molecule has 2 aromatic heterocycles. The van der Waals surface area contributed by atoms with Gasteiger partial charge in [-0.2, -0.15) is 0 Å². The number of hydrogen-bond donors (Lipinski definition) is 1. The number of nitrogens with zero attached hydrogens (tertiary/aromatic N) is 2. The minimum Gasteiger partial charge on any atom is -0.463 e. The van der Waals surface area contributed by atoms with E-state index in [4.69, 9.17) is 0 Å². The molecule has 1 unspecified atom stereocenters. The average Bonchev–Trinajstić information content (AvgIpc) is 2.97. The van der Waals surface area contributed by atoms with Crippen LogP contribution in [0.15, 0.2) is 29.8 Å². The van der Waals surface area contributed by atoms with Crippen molar-refractivity contribution in [1.82, 2.24) is 9.97 Å². The maximum absolute atomic E-state index is 11.4. The highest BCUT2D eigenvalue weighted by molar-refractivity contribution is 7.10. The molecule has 0 aliphatic heterocycles. The van der Waals surface area contributed by atoms with Crippen molar-refractivity contribution in [2.75, 3.05) is 12.4 Å². The highest BCUT2D eigenvalue weighted by Crippen LogP contribution is 2.28. The van der Waals surface area contributed by atoms with Crippen molar-refractivity contribution >= 4 is 23.1 Å². The maximum Gasteiger partial charge on any atom is 0.376 e. The summed E-state index contributed by atoms with van der Waals surface area (Å²) in [7, 11) is 1.31. The Labute approximate surface area is 122 Å². The summed E-state index contributed by atoms with van der Waals surface area (Å²) in [6.07, 6.45) is 1.55. The molecule has 0 spiro atoms. The minimum absolute atomic E-state index is 0.0613. The molecule has 0 saturated carbocycles. The van der Waals surface area contributed by atoms with E-state index in [2.05, 4.69) is 39.9 Å². The van der Waals surface area contributed by atoms with E-state index in [0.29, 0.717) is 11.7 Å². The van der Waals surface area contributed by atoms with Gasteiger partial charge in [0.1, 0.15) is 5.82 Å². The van der Waals surface area contributed by atoms with E-state index < -0.39 is 5.97 Å². The Morgan fingerprint density at radius 1 is 1.40 bits per heavy atom. The lowest BCUT2D eigenvalue weighted by Gasteiger charge is -2.21. The van der Waals surface area contributed by atoms with Crippen LogP contribution in [0.5, 0.6) is 0 Å². The van der Waals surface area contributed by atoms with Crippen molar-refractivity contribution in [1.29, 1.82) is 0 Å². The Kier molecular flexibility index (Phi) is 4.68. The van der Waals surface area contributed by atoms with E-state index in [9.17, 15) is 4.79 Å². The van der Waals surface area contributed by atoms with Gasteiger partial charge in [-0.1, -0.05) is 19.9 Å². The first-order chi connectivity index (χ1) is 9.61. The van der Waals surface area contributed by atoms with Gasteiger partial charge in [0.15, 0.2) is 0 Å². The molecular formula is C14H17N3O2S. The van der Waals surface area contributed by atoms with Gasteiger partial charge >= 0.3 is 5.97 Å². The lowest BCUT2D eigenvalue weighted by molar-refractivity contribution is 0.0587. The number of anilines is 1. The van der Waals surface area contributed by atoms with Crippen LogP contribution in [0, 0.1) is 5.92 Å². The number of thiophene rings is 1. The predicted molar refractivity (Wildman–Crippen MR) is 78.9 cm³/mol. The monoisotopic (exact) mass is 291 g/mol. The van der Waals surface area contributed by atoms with Crippen LogP contribution in [-0.4, -0.2) is 23.0 Å². The number of esters is 1. The molecular weight excluding hydrogens is 274 g/mol. The normalized spacial score (nSPS) is 12.2. The Hall–Kier alpha value is -1.95. The lowest BCUT2D eigenvalue weighted by atomic mass is 10.0. The molecule has 0 aliphatic carbocycles. The van der Waals surface area contributed by atoms with Crippen LogP contribution >= 0.6 is 11.3 Å². The van der Waals surface area contributed by atoms with E-state index in [1.165, 1.54) is 12.0 Å². The molecule has 1 atom stereocenters. The molecule has 2 rings (SSSR count). The lowest BCUT2D eigenvalue weighted by Crippen LogP contribution is -2.17. The van der Waals surface area contributed by atoms with Gasteiger partial charge in [0, 0.05) is 11.1 Å². The van der Waals surface area contributed by atoms with Crippen LogP contribution in [0.25, 0.3) is 0 Å². The number of hydrogen-bond acceptors (Lipinski definition) is 6. The Morgan fingerprint density at radius 2 is 2.20 bits per heavy atom. The summed E-state index contributed by atoms with van der Waals surface area (Å²) in [5.41, 5.74) is 0. The van der Waals surface area contributed by atoms with Crippen LogP contribution < -0.4 is 5.32 Å².